The van der Waals surface area contributed by atoms with E-state index in [9.17, 15) is 0 Å². The lowest BCUT2D eigenvalue weighted by molar-refractivity contribution is 0.486. The molecule has 0 aromatic heterocycles. The van der Waals surface area contributed by atoms with Gasteiger partial charge in [0.25, 0.3) is 0 Å². The van der Waals surface area contributed by atoms with Crippen LogP contribution in [0.2, 0.25) is 0 Å². The maximum atomic E-state index is 5.69. The Morgan fingerprint density at radius 1 is 1.38 bits per heavy atom. The highest BCUT2D eigenvalue weighted by Gasteiger charge is 2.21. The molecular weight excluding hydrogens is 214 g/mol. The molecule has 0 saturated carbocycles. The van der Waals surface area contributed by atoms with Crippen LogP contribution >= 0.6 is 11.8 Å². The zero-order valence-corrected chi connectivity index (χ0v) is 11.1. The van der Waals surface area contributed by atoms with Crippen LogP contribution < -0.4 is 5.73 Å². The first-order valence-electron chi connectivity index (χ1n) is 6.10. The number of benzene rings is 1. The van der Waals surface area contributed by atoms with E-state index in [1.165, 1.54) is 29.1 Å². The molecule has 0 unspecified atom stereocenters. The van der Waals surface area contributed by atoms with E-state index in [4.69, 9.17) is 5.73 Å². The van der Waals surface area contributed by atoms with Crippen LogP contribution in [-0.4, -0.2) is 12.3 Å². The fraction of sp³-hybridized carbons (Fsp3) is 0.571. The van der Waals surface area contributed by atoms with E-state index >= 15 is 0 Å². The van der Waals surface area contributed by atoms with Crippen LogP contribution in [-0.2, 0) is 11.8 Å². The van der Waals surface area contributed by atoms with Gasteiger partial charge in [-0.3, -0.25) is 0 Å². The second kappa shape index (κ2) is 4.80. The van der Waals surface area contributed by atoms with Gasteiger partial charge in [-0.2, -0.15) is 0 Å². The zero-order chi connectivity index (χ0) is 11.6. The smallest absolute Gasteiger partial charge is 0.0104 e. The van der Waals surface area contributed by atoms with E-state index in [-0.39, 0.29) is 5.41 Å². The molecule has 1 aromatic carbocycles. The Kier molecular flexibility index (Phi) is 3.60. The molecule has 0 atom stereocenters. The van der Waals surface area contributed by atoms with Crippen molar-refractivity contribution in [3.8, 4) is 0 Å². The SMILES string of the molecule is CC(C)(CCN)c1ccc2c(c1)CCCS2. The van der Waals surface area contributed by atoms with Crippen LogP contribution in [0.1, 0.15) is 37.8 Å². The van der Waals surface area contributed by atoms with E-state index in [2.05, 4.69) is 32.0 Å². The Hall–Kier alpha value is -0.470. The molecular formula is C14H21NS. The van der Waals surface area contributed by atoms with Crippen molar-refractivity contribution < 1.29 is 0 Å². The summed E-state index contributed by atoms with van der Waals surface area (Å²) in [5.74, 6) is 1.28. The predicted octanol–water partition coefficient (Wildman–Crippen LogP) is 3.35. The predicted molar refractivity (Wildman–Crippen MR) is 72.2 cm³/mol. The second-order valence-electron chi connectivity index (χ2n) is 5.20. The minimum absolute atomic E-state index is 0.214. The molecule has 0 radical (unpaired) electrons. The Morgan fingerprint density at radius 3 is 2.94 bits per heavy atom. The van der Waals surface area contributed by atoms with Gasteiger partial charge in [-0.15, -0.1) is 11.8 Å². The summed E-state index contributed by atoms with van der Waals surface area (Å²) in [6.07, 6.45) is 3.62. The van der Waals surface area contributed by atoms with Crippen molar-refractivity contribution in [2.45, 2.75) is 43.4 Å². The van der Waals surface area contributed by atoms with E-state index in [1.807, 2.05) is 11.8 Å². The molecule has 16 heavy (non-hydrogen) atoms. The maximum absolute atomic E-state index is 5.69. The van der Waals surface area contributed by atoms with Crippen LogP contribution in [0.25, 0.3) is 0 Å². The average molecular weight is 235 g/mol. The number of nitrogens with two attached hydrogens (primary N) is 1. The number of hydrogen-bond donors (Lipinski definition) is 1. The van der Waals surface area contributed by atoms with E-state index in [0.29, 0.717) is 0 Å². The molecule has 1 heterocycles. The number of thioether (sulfide) groups is 1. The summed E-state index contributed by atoms with van der Waals surface area (Å²) in [7, 11) is 0. The molecule has 1 nitrogen and oxygen atoms in total. The molecule has 0 fully saturated rings. The molecule has 1 aliphatic rings. The van der Waals surface area contributed by atoms with Gasteiger partial charge >= 0.3 is 0 Å². The summed E-state index contributed by atoms with van der Waals surface area (Å²) >= 11 is 2.00. The first-order valence-corrected chi connectivity index (χ1v) is 7.08. The lowest BCUT2D eigenvalue weighted by atomic mass is 9.81. The minimum Gasteiger partial charge on any atom is -0.330 e. The summed E-state index contributed by atoms with van der Waals surface area (Å²) in [6.45, 7) is 5.34. The summed E-state index contributed by atoms with van der Waals surface area (Å²) in [6, 6.07) is 6.98. The molecule has 1 aliphatic heterocycles. The van der Waals surface area contributed by atoms with Crippen LogP contribution in [0, 0.1) is 0 Å². The van der Waals surface area contributed by atoms with Crippen molar-refractivity contribution in [3.05, 3.63) is 29.3 Å². The lowest BCUT2D eigenvalue weighted by Gasteiger charge is -2.26. The van der Waals surface area contributed by atoms with E-state index in [1.54, 1.807) is 5.56 Å². The van der Waals surface area contributed by atoms with Gasteiger partial charge in [-0.25, -0.2) is 0 Å². The lowest BCUT2D eigenvalue weighted by Crippen LogP contribution is -2.22. The Morgan fingerprint density at radius 2 is 2.19 bits per heavy atom. The van der Waals surface area contributed by atoms with Gasteiger partial charge in [-0.1, -0.05) is 26.0 Å². The summed E-state index contributed by atoms with van der Waals surface area (Å²) in [5.41, 5.74) is 8.88. The zero-order valence-electron chi connectivity index (χ0n) is 10.3. The third-order valence-electron chi connectivity index (χ3n) is 3.46. The Labute approximate surface area is 103 Å². The van der Waals surface area contributed by atoms with Gasteiger partial charge < -0.3 is 5.73 Å². The van der Waals surface area contributed by atoms with Crippen molar-refractivity contribution >= 4 is 11.8 Å². The highest BCUT2D eigenvalue weighted by Crippen LogP contribution is 2.34. The third kappa shape index (κ3) is 2.44. The van der Waals surface area contributed by atoms with E-state index in [0.717, 1.165) is 13.0 Å². The molecule has 2 heteroatoms. The fourth-order valence-corrected chi connectivity index (χ4v) is 3.31. The highest BCUT2D eigenvalue weighted by atomic mass is 32.2. The molecule has 2 N–H and O–H groups in total. The van der Waals surface area contributed by atoms with Gasteiger partial charge in [-0.05, 0) is 54.2 Å². The number of aryl methyl sites for hydroxylation is 1. The van der Waals surface area contributed by atoms with Crippen molar-refractivity contribution in [1.29, 1.82) is 0 Å². The first-order chi connectivity index (χ1) is 7.63. The molecule has 2 rings (SSSR count). The molecule has 1 aromatic rings. The van der Waals surface area contributed by atoms with E-state index < -0.39 is 0 Å². The second-order valence-corrected chi connectivity index (χ2v) is 6.33. The van der Waals surface area contributed by atoms with Crippen LogP contribution in [0.5, 0.6) is 0 Å². The number of rotatable bonds is 3. The fourth-order valence-electron chi connectivity index (χ4n) is 2.29. The van der Waals surface area contributed by atoms with Gasteiger partial charge in [0.15, 0.2) is 0 Å². The van der Waals surface area contributed by atoms with Gasteiger partial charge in [0.05, 0.1) is 0 Å². The monoisotopic (exact) mass is 235 g/mol. The molecule has 0 bridgehead atoms. The first kappa shape index (κ1) is 12.0. The highest BCUT2D eigenvalue weighted by molar-refractivity contribution is 7.99. The topological polar surface area (TPSA) is 26.0 Å². The summed E-state index contributed by atoms with van der Waals surface area (Å²) in [4.78, 5) is 1.48. The molecule has 0 amide bonds. The molecule has 0 saturated heterocycles. The van der Waals surface area contributed by atoms with Crippen molar-refractivity contribution in [2.75, 3.05) is 12.3 Å². The Balaban J connectivity index is 2.29. The summed E-state index contributed by atoms with van der Waals surface area (Å²) < 4.78 is 0. The van der Waals surface area contributed by atoms with Gasteiger partial charge in [0.1, 0.15) is 0 Å². The average Bonchev–Trinajstić information content (AvgIpc) is 2.28. The molecule has 0 spiro atoms. The van der Waals surface area contributed by atoms with Gasteiger partial charge in [0.2, 0.25) is 0 Å². The third-order valence-corrected chi connectivity index (χ3v) is 4.66. The number of hydrogen-bond acceptors (Lipinski definition) is 2. The number of fused-ring (bicyclic) bond motifs is 1. The van der Waals surface area contributed by atoms with Crippen LogP contribution in [0.15, 0.2) is 23.1 Å². The van der Waals surface area contributed by atoms with Crippen molar-refractivity contribution in [3.63, 3.8) is 0 Å². The molecule has 88 valence electrons. The van der Waals surface area contributed by atoms with Crippen molar-refractivity contribution in [1.82, 2.24) is 0 Å². The maximum Gasteiger partial charge on any atom is 0.0104 e. The largest absolute Gasteiger partial charge is 0.330 e. The Bertz CT molecular complexity index is 371. The minimum atomic E-state index is 0.214. The van der Waals surface area contributed by atoms with Crippen LogP contribution in [0.4, 0.5) is 0 Å². The summed E-state index contributed by atoms with van der Waals surface area (Å²) in [5, 5.41) is 0. The van der Waals surface area contributed by atoms with Crippen molar-refractivity contribution in [2.24, 2.45) is 5.73 Å². The quantitative estimate of drug-likeness (QED) is 0.869. The molecule has 0 aliphatic carbocycles. The normalized spacial score (nSPS) is 15.9. The standard InChI is InChI=1S/C14H21NS/c1-14(2,7-8-15)12-5-6-13-11(10-12)4-3-9-16-13/h5-6,10H,3-4,7-9,15H2,1-2H3. The van der Waals surface area contributed by atoms with Crippen LogP contribution in [0.3, 0.4) is 0 Å². The van der Waals surface area contributed by atoms with Gasteiger partial charge in [0, 0.05) is 4.90 Å².